The number of benzene rings is 4. The highest BCUT2D eigenvalue weighted by Gasteiger charge is 2.12. The molecule has 0 unspecified atom stereocenters. The summed E-state index contributed by atoms with van der Waals surface area (Å²) in [5.74, 6) is 0. The first-order valence-electron chi connectivity index (χ1n) is 9.14. The summed E-state index contributed by atoms with van der Waals surface area (Å²) in [7, 11) is 0. The molecular weight excluding hydrogens is 455 g/mol. The van der Waals surface area contributed by atoms with Crippen molar-refractivity contribution < 1.29 is 0 Å². The Kier molecular flexibility index (Phi) is 4.24. The third-order valence-corrected chi connectivity index (χ3v) is 6.82. The molecule has 0 bridgehead atoms. The van der Waals surface area contributed by atoms with Crippen LogP contribution in [0.25, 0.3) is 38.2 Å². The van der Waals surface area contributed by atoms with E-state index >= 15 is 0 Å². The number of rotatable bonds is 2. The van der Waals surface area contributed by atoms with Crippen LogP contribution in [0.1, 0.15) is 5.56 Å². The van der Waals surface area contributed by atoms with Crippen LogP contribution < -0.4 is 11.5 Å². The SMILES string of the molecule is Nc1c(N)c2ccc(-c3ccccc3)cc2c2cc(C3=CC=IC=C3)ccc12. The van der Waals surface area contributed by atoms with Gasteiger partial charge in [0, 0.05) is 10.8 Å². The molecule has 0 aromatic heterocycles. The standard InChI is InChI=1S/C25H19IN2/c27-24-20-8-6-18(16-4-2-1-3-5-16)14-22(20)23-15-19(7-9-21(23)25(24)28)17-10-12-26-13-11-17/h1-15H,27-28H2. The minimum absolute atomic E-state index is 0.0726. The topological polar surface area (TPSA) is 52.0 Å². The molecule has 1 heterocycles. The number of nitrogens with two attached hydrogens (primary N) is 2. The van der Waals surface area contributed by atoms with Gasteiger partial charge in [0.25, 0.3) is 0 Å². The number of hydrogen-bond acceptors (Lipinski definition) is 2. The molecule has 0 amide bonds. The predicted molar refractivity (Wildman–Crippen MR) is 133 cm³/mol. The minimum atomic E-state index is 0.0726. The number of nitrogen functional groups attached to an aromatic ring is 2. The Morgan fingerprint density at radius 1 is 0.607 bits per heavy atom. The van der Waals surface area contributed by atoms with Crippen molar-refractivity contribution in [3.8, 4) is 11.1 Å². The second-order valence-electron chi connectivity index (χ2n) is 6.88. The van der Waals surface area contributed by atoms with Crippen LogP contribution in [-0.2, 0) is 0 Å². The molecule has 0 radical (unpaired) electrons. The predicted octanol–water partition coefficient (Wildman–Crippen LogP) is 6.51. The maximum atomic E-state index is 6.41. The Balaban J connectivity index is 1.83. The van der Waals surface area contributed by atoms with Gasteiger partial charge in [-0.2, -0.15) is 0 Å². The monoisotopic (exact) mass is 474 g/mol. The van der Waals surface area contributed by atoms with E-state index < -0.39 is 0 Å². The first kappa shape index (κ1) is 17.2. The van der Waals surface area contributed by atoms with E-state index in [1.54, 1.807) is 0 Å². The summed E-state index contributed by atoms with van der Waals surface area (Å²) in [5.41, 5.74) is 19.0. The van der Waals surface area contributed by atoms with Crippen LogP contribution in [0.15, 0.2) is 83.0 Å². The summed E-state index contributed by atoms with van der Waals surface area (Å²) >= 11 is 0.0726. The first-order chi connectivity index (χ1) is 13.7. The largest absolute Gasteiger partial charge is 0.397 e. The van der Waals surface area contributed by atoms with Crippen LogP contribution >= 0.6 is 20.7 Å². The van der Waals surface area contributed by atoms with Crippen LogP contribution in [0.2, 0.25) is 0 Å². The number of fused-ring (bicyclic) bond motifs is 3. The average Bonchev–Trinajstić information content (AvgIpc) is 2.78. The summed E-state index contributed by atoms with van der Waals surface area (Å²) < 4.78 is 4.59. The number of allylic oxidation sites excluding steroid dienone is 3. The molecular formula is C25H19IN2. The molecule has 3 heteroatoms. The highest BCUT2D eigenvalue weighted by Crippen LogP contribution is 2.39. The highest BCUT2D eigenvalue weighted by molar-refractivity contribution is 14.2. The van der Waals surface area contributed by atoms with Crippen molar-refractivity contribution in [2.24, 2.45) is 0 Å². The van der Waals surface area contributed by atoms with Crippen LogP contribution in [0.4, 0.5) is 11.4 Å². The molecule has 0 spiro atoms. The third kappa shape index (κ3) is 2.83. The average molecular weight is 474 g/mol. The Labute approximate surface area is 173 Å². The summed E-state index contributed by atoms with van der Waals surface area (Å²) in [5, 5.41) is 4.30. The number of halogens is 1. The zero-order valence-corrected chi connectivity index (χ0v) is 17.4. The van der Waals surface area contributed by atoms with Gasteiger partial charge in [-0.05, 0) is 65.4 Å². The summed E-state index contributed by atoms with van der Waals surface area (Å²) in [6, 6.07) is 23.4. The van der Waals surface area contributed by atoms with Gasteiger partial charge in [0.05, 0.1) is 11.4 Å². The smallest absolute Gasteiger partial charge is 0.0634 e. The Hall–Kier alpha value is -2.92. The van der Waals surface area contributed by atoms with E-state index in [1.165, 1.54) is 22.3 Å². The molecule has 1 aliphatic heterocycles. The lowest BCUT2D eigenvalue weighted by Gasteiger charge is -2.15. The van der Waals surface area contributed by atoms with Gasteiger partial charge in [0.2, 0.25) is 0 Å². The Morgan fingerprint density at radius 2 is 1.25 bits per heavy atom. The third-order valence-electron chi connectivity index (χ3n) is 5.27. The van der Waals surface area contributed by atoms with Gasteiger partial charge < -0.3 is 11.5 Å². The molecule has 0 saturated carbocycles. The summed E-state index contributed by atoms with van der Waals surface area (Å²) in [4.78, 5) is 0. The summed E-state index contributed by atoms with van der Waals surface area (Å²) in [6.45, 7) is 0. The van der Waals surface area contributed by atoms with Crippen molar-refractivity contribution in [2.45, 2.75) is 0 Å². The molecule has 0 aliphatic carbocycles. The molecule has 4 aromatic rings. The fourth-order valence-corrected chi connectivity index (χ4v) is 5.21. The molecule has 0 atom stereocenters. The number of anilines is 2. The van der Waals surface area contributed by atoms with Gasteiger partial charge in [-0.25, -0.2) is 0 Å². The van der Waals surface area contributed by atoms with E-state index in [-0.39, 0.29) is 20.7 Å². The molecule has 2 nitrogen and oxygen atoms in total. The lowest BCUT2D eigenvalue weighted by atomic mass is 9.92. The lowest BCUT2D eigenvalue weighted by Crippen LogP contribution is -1.98. The molecule has 4 N–H and O–H groups in total. The highest BCUT2D eigenvalue weighted by atomic mass is 127. The van der Waals surface area contributed by atoms with Crippen molar-refractivity contribution in [2.75, 3.05) is 11.5 Å². The number of hydrogen-bond donors (Lipinski definition) is 2. The zero-order chi connectivity index (χ0) is 19.1. The molecule has 4 aromatic carbocycles. The van der Waals surface area contributed by atoms with E-state index in [2.05, 4.69) is 80.9 Å². The minimum Gasteiger partial charge on any atom is -0.397 e. The lowest BCUT2D eigenvalue weighted by molar-refractivity contribution is 1.64. The van der Waals surface area contributed by atoms with Gasteiger partial charge in [0.15, 0.2) is 0 Å². The fourth-order valence-electron chi connectivity index (χ4n) is 3.78. The van der Waals surface area contributed by atoms with Crippen molar-refractivity contribution in [3.05, 3.63) is 88.5 Å². The van der Waals surface area contributed by atoms with E-state index in [0.717, 1.165) is 21.5 Å². The van der Waals surface area contributed by atoms with E-state index in [4.69, 9.17) is 11.5 Å². The Morgan fingerprint density at radius 3 is 1.89 bits per heavy atom. The molecule has 5 rings (SSSR count). The molecule has 28 heavy (non-hydrogen) atoms. The van der Waals surface area contributed by atoms with Gasteiger partial charge in [-0.3, -0.25) is 0 Å². The second kappa shape index (κ2) is 6.91. The van der Waals surface area contributed by atoms with E-state index in [9.17, 15) is 0 Å². The van der Waals surface area contributed by atoms with Crippen LogP contribution in [-0.4, -0.2) is 4.01 Å². The van der Waals surface area contributed by atoms with Crippen molar-refractivity contribution >= 4 is 63.2 Å². The molecule has 0 fully saturated rings. The van der Waals surface area contributed by atoms with Gasteiger partial charge in [0.1, 0.15) is 0 Å². The van der Waals surface area contributed by atoms with Gasteiger partial charge in [-0.15, -0.1) is 0 Å². The molecule has 136 valence electrons. The molecule has 1 aliphatic rings. The van der Waals surface area contributed by atoms with Crippen LogP contribution in [0, 0.1) is 0 Å². The van der Waals surface area contributed by atoms with Crippen molar-refractivity contribution in [3.63, 3.8) is 0 Å². The van der Waals surface area contributed by atoms with Crippen LogP contribution in [0.5, 0.6) is 0 Å². The van der Waals surface area contributed by atoms with E-state index in [1.807, 2.05) is 6.07 Å². The van der Waals surface area contributed by atoms with Gasteiger partial charge in [-0.1, -0.05) is 75.3 Å². The fraction of sp³-hybridized carbons (Fsp3) is 0. The molecule has 0 saturated heterocycles. The first-order valence-corrected chi connectivity index (χ1v) is 11.6. The van der Waals surface area contributed by atoms with E-state index in [0.29, 0.717) is 11.4 Å². The quantitative estimate of drug-likeness (QED) is 0.151. The van der Waals surface area contributed by atoms with Crippen LogP contribution in [0.3, 0.4) is 0 Å². The van der Waals surface area contributed by atoms with Crippen molar-refractivity contribution in [1.29, 1.82) is 0 Å². The van der Waals surface area contributed by atoms with Gasteiger partial charge >= 0.3 is 0 Å². The summed E-state index contributed by atoms with van der Waals surface area (Å²) in [6.07, 6.45) is 4.46. The maximum absolute atomic E-state index is 6.41. The zero-order valence-electron chi connectivity index (χ0n) is 15.2. The second-order valence-corrected chi connectivity index (χ2v) is 9.04. The Bertz CT molecular complexity index is 1320. The van der Waals surface area contributed by atoms with Crippen molar-refractivity contribution in [1.82, 2.24) is 0 Å². The maximum Gasteiger partial charge on any atom is 0.0634 e. The normalized spacial score (nSPS) is 13.5.